The number of alkyl halides is 3. The van der Waals surface area contributed by atoms with Crippen LogP contribution in [0.25, 0.3) is 11.3 Å². The second-order valence-electron chi connectivity index (χ2n) is 13.0. The first-order chi connectivity index (χ1) is 23.0. The molecular formula is C34H44F3N5O4S2. The Kier molecular flexibility index (Phi) is 11.2. The highest BCUT2D eigenvalue weighted by atomic mass is 32.2. The van der Waals surface area contributed by atoms with E-state index in [0.29, 0.717) is 61.2 Å². The van der Waals surface area contributed by atoms with E-state index in [0.717, 1.165) is 57.0 Å². The third kappa shape index (κ3) is 8.63. The normalized spacial score (nSPS) is 19.8. The maximum absolute atomic E-state index is 14.1. The summed E-state index contributed by atoms with van der Waals surface area (Å²) in [5.74, 6) is 0.986. The molecule has 9 nitrogen and oxygen atoms in total. The van der Waals surface area contributed by atoms with Gasteiger partial charge in [-0.2, -0.15) is 22.6 Å². The molecule has 0 radical (unpaired) electrons. The van der Waals surface area contributed by atoms with Crippen LogP contribution in [0.1, 0.15) is 41.1 Å². The summed E-state index contributed by atoms with van der Waals surface area (Å²) in [4.78, 5) is 4.57. The fourth-order valence-corrected chi connectivity index (χ4v) is 8.90. The molecule has 1 N–H and O–H groups in total. The van der Waals surface area contributed by atoms with E-state index in [2.05, 4.69) is 34.1 Å². The number of ether oxygens (including phenoxy) is 1. The summed E-state index contributed by atoms with van der Waals surface area (Å²) in [5.41, 5.74) is 3.09. The van der Waals surface area contributed by atoms with Gasteiger partial charge in [-0.3, -0.25) is 9.58 Å². The van der Waals surface area contributed by atoms with Crippen LogP contribution in [0.3, 0.4) is 0 Å². The number of thioether (sulfide) groups is 1. The van der Waals surface area contributed by atoms with Crippen molar-refractivity contribution in [2.45, 2.75) is 55.4 Å². The molecule has 4 heterocycles. The highest BCUT2D eigenvalue weighted by Gasteiger charge is 2.35. The first-order valence-electron chi connectivity index (χ1n) is 16.6. The molecule has 3 aliphatic rings. The molecule has 1 atom stereocenters. The predicted octanol–water partition coefficient (Wildman–Crippen LogP) is 4.55. The number of morpholine rings is 1. The molecule has 14 heteroatoms. The van der Waals surface area contributed by atoms with Gasteiger partial charge in [0.05, 0.1) is 43.4 Å². The average molecular weight is 708 g/mol. The number of aromatic nitrogens is 2. The Hall–Kier alpha value is -2.46. The highest BCUT2D eigenvalue weighted by molar-refractivity contribution is 7.99. The summed E-state index contributed by atoms with van der Waals surface area (Å²) >= 11 is 1.17. The molecule has 1 aromatic heterocycles. The second-order valence-corrected chi connectivity index (χ2v) is 16.1. The van der Waals surface area contributed by atoms with Crippen molar-refractivity contribution in [2.24, 2.45) is 0 Å². The molecular weight excluding hydrogens is 664 g/mol. The summed E-state index contributed by atoms with van der Waals surface area (Å²) in [6.07, 6.45) is -1.66. The number of nitrogens with zero attached hydrogens (tertiary/aromatic N) is 5. The number of halogens is 3. The average Bonchev–Trinajstić information content (AvgIpc) is 3.42. The molecule has 0 bridgehead atoms. The third-order valence-corrected chi connectivity index (χ3v) is 11.9. The van der Waals surface area contributed by atoms with Gasteiger partial charge in [-0.1, -0.05) is 36.4 Å². The van der Waals surface area contributed by atoms with Crippen LogP contribution in [0.15, 0.2) is 53.4 Å². The number of piperidine rings is 1. The van der Waals surface area contributed by atoms with E-state index in [1.54, 1.807) is 4.68 Å². The third-order valence-electron chi connectivity index (χ3n) is 9.61. The van der Waals surface area contributed by atoms with Crippen LogP contribution in [0.5, 0.6) is 0 Å². The summed E-state index contributed by atoms with van der Waals surface area (Å²) in [6, 6.07) is 14.6. The van der Waals surface area contributed by atoms with E-state index in [-0.39, 0.29) is 24.5 Å². The van der Waals surface area contributed by atoms with Crippen LogP contribution in [0.4, 0.5) is 13.2 Å². The minimum atomic E-state index is -4.52. The van der Waals surface area contributed by atoms with E-state index in [4.69, 9.17) is 9.84 Å². The number of hydrogen-bond acceptors (Lipinski definition) is 8. The molecule has 3 aliphatic heterocycles. The quantitative estimate of drug-likeness (QED) is 0.291. The van der Waals surface area contributed by atoms with Crippen LogP contribution >= 0.6 is 11.8 Å². The van der Waals surface area contributed by atoms with E-state index in [1.165, 1.54) is 33.8 Å². The van der Waals surface area contributed by atoms with Gasteiger partial charge < -0.3 is 14.7 Å². The van der Waals surface area contributed by atoms with Gasteiger partial charge >= 0.3 is 6.18 Å². The fraction of sp³-hybridized carbons (Fsp3) is 0.559. The number of hydrogen-bond donors (Lipinski definition) is 1. The smallest absolute Gasteiger partial charge is 0.390 e. The van der Waals surface area contributed by atoms with Crippen molar-refractivity contribution in [2.75, 3.05) is 71.0 Å². The molecule has 48 heavy (non-hydrogen) atoms. The Bertz CT molecular complexity index is 1640. The molecule has 262 valence electrons. The van der Waals surface area contributed by atoms with Gasteiger partial charge in [0.1, 0.15) is 0 Å². The number of sulfonamides is 1. The Morgan fingerprint density at radius 2 is 1.73 bits per heavy atom. The standard InChI is InChI=1S/C34H44F3N5O4S2/c1-48(44,45)41-14-11-31-29(24-41)33(27-7-8-30(34(35,36)37)32(21-27)47-20-17-39-15-18-46-19-16-39)38-42(31)23-28(43)22-40-12-9-26(10-13-40)25-5-3-2-4-6-25/h2-8,21,26,28,43H,9-20,22-24H2,1H3. The summed E-state index contributed by atoms with van der Waals surface area (Å²) in [5, 5.41) is 16.1. The number of aliphatic hydroxyl groups is 1. The molecule has 0 saturated carbocycles. The van der Waals surface area contributed by atoms with Crippen LogP contribution in [0.2, 0.25) is 0 Å². The van der Waals surface area contributed by atoms with Gasteiger partial charge in [0.25, 0.3) is 0 Å². The SMILES string of the molecule is CS(=O)(=O)N1CCc2c(c(-c3ccc(C(F)(F)F)c(SCCN4CCOCC4)c3)nn2CC(O)CN2CCC(c3ccccc3)CC2)C1. The Labute approximate surface area is 285 Å². The lowest BCUT2D eigenvalue weighted by Gasteiger charge is -2.33. The minimum Gasteiger partial charge on any atom is -0.390 e. The molecule has 0 spiro atoms. The van der Waals surface area contributed by atoms with Crippen molar-refractivity contribution in [3.8, 4) is 11.3 Å². The van der Waals surface area contributed by atoms with Gasteiger partial charge in [0.15, 0.2) is 0 Å². The van der Waals surface area contributed by atoms with Crippen molar-refractivity contribution >= 4 is 21.8 Å². The Morgan fingerprint density at radius 3 is 2.42 bits per heavy atom. The molecule has 1 unspecified atom stereocenters. The lowest BCUT2D eigenvalue weighted by atomic mass is 9.89. The highest BCUT2D eigenvalue weighted by Crippen LogP contribution is 2.40. The van der Waals surface area contributed by atoms with Gasteiger partial charge in [-0.15, -0.1) is 11.8 Å². The zero-order valence-corrected chi connectivity index (χ0v) is 28.9. The van der Waals surface area contributed by atoms with Gasteiger partial charge in [-0.05, 0) is 49.5 Å². The lowest BCUT2D eigenvalue weighted by molar-refractivity contribution is -0.139. The zero-order chi connectivity index (χ0) is 33.9. The molecule has 0 amide bonds. The van der Waals surface area contributed by atoms with Crippen LogP contribution in [-0.2, 0) is 40.4 Å². The zero-order valence-electron chi connectivity index (χ0n) is 27.2. The first-order valence-corrected chi connectivity index (χ1v) is 19.4. The Balaban J connectivity index is 1.21. The molecule has 3 aromatic rings. The van der Waals surface area contributed by atoms with Crippen molar-refractivity contribution in [3.05, 3.63) is 70.9 Å². The van der Waals surface area contributed by atoms with E-state index in [1.807, 2.05) is 6.07 Å². The maximum atomic E-state index is 14.1. The molecule has 2 saturated heterocycles. The minimum absolute atomic E-state index is 0.0765. The van der Waals surface area contributed by atoms with E-state index >= 15 is 0 Å². The van der Waals surface area contributed by atoms with Gasteiger partial charge in [0, 0.05) is 73.2 Å². The number of rotatable bonds is 11. The van der Waals surface area contributed by atoms with Crippen molar-refractivity contribution in [1.29, 1.82) is 0 Å². The van der Waals surface area contributed by atoms with Crippen LogP contribution < -0.4 is 0 Å². The van der Waals surface area contributed by atoms with Gasteiger partial charge in [0.2, 0.25) is 10.0 Å². The summed E-state index contributed by atoms with van der Waals surface area (Å²) in [6.45, 7) is 6.18. The molecule has 2 fully saturated rings. The number of fused-ring (bicyclic) bond motifs is 1. The van der Waals surface area contributed by atoms with Crippen LogP contribution in [-0.4, -0.2) is 115 Å². The van der Waals surface area contributed by atoms with Gasteiger partial charge in [-0.25, -0.2) is 8.42 Å². The van der Waals surface area contributed by atoms with E-state index < -0.39 is 27.9 Å². The number of benzene rings is 2. The van der Waals surface area contributed by atoms with Crippen LogP contribution in [0, 0.1) is 0 Å². The Morgan fingerprint density at radius 1 is 1.00 bits per heavy atom. The number of β-amino-alcohol motifs (C(OH)–C–C–N with tert-alkyl or cyclic N) is 1. The fourth-order valence-electron chi connectivity index (χ4n) is 6.99. The van der Waals surface area contributed by atoms with E-state index in [9.17, 15) is 26.7 Å². The monoisotopic (exact) mass is 707 g/mol. The lowest BCUT2D eigenvalue weighted by Crippen LogP contribution is -2.40. The molecule has 6 rings (SSSR count). The molecule has 0 aliphatic carbocycles. The predicted molar refractivity (Wildman–Crippen MR) is 180 cm³/mol. The summed E-state index contributed by atoms with van der Waals surface area (Å²) in [7, 11) is -3.51. The molecule has 2 aromatic carbocycles. The van der Waals surface area contributed by atoms with Crippen molar-refractivity contribution in [1.82, 2.24) is 23.9 Å². The van der Waals surface area contributed by atoms with Crippen molar-refractivity contribution in [3.63, 3.8) is 0 Å². The number of likely N-dealkylation sites (tertiary alicyclic amines) is 1. The van der Waals surface area contributed by atoms with Crippen molar-refractivity contribution < 1.29 is 31.4 Å². The first kappa shape index (κ1) is 35.4. The second kappa shape index (κ2) is 15.2. The maximum Gasteiger partial charge on any atom is 0.417 e. The summed E-state index contributed by atoms with van der Waals surface area (Å²) < 4.78 is 75.9. The number of aliphatic hydroxyl groups excluding tert-OH is 1. The largest absolute Gasteiger partial charge is 0.417 e. The topological polar surface area (TPSA) is 91.1 Å².